The third kappa shape index (κ3) is 7.13. The summed E-state index contributed by atoms with van der Waals surface area (Å²) < 4.78 is 4.61. The number of carbonyl (C=O) groups is 1. The molecule has 1 rings (SSSR count). The lowest BCUT2D eigenvalue weighted by Crippen LogP contribution is -2.43. The molecule has 0 saturated carbocycles. The van der Waals surface area contributed by atoms with Crippen LogP contribution >= 0.6 is 11.3 Å². The quantitative estimate of drug-likeness (QED) is 0.460. The Balaban J connectivity index is 2.48. The van der Waals surface area contributed by atoms with Crippen molar-refractivity contribution in [3.8, 4) is 0 Å². The van der Waals surface area contributed by atoms with Gasteiger partial charge in [-0.15, -0.1) is 11.3 Å². The third-order valence-electron chi connectivity index (χ3n) is 2.84. The van der Waals surface area contributed by atoms with Crippen molar-refractivity contribution in [3.63, 3.8) is 0 Å². The lowest BCUT2D eigenvalue weighted by atomic mass is 10.2. The molecule has 0 spiro atoms. The van der Waals surface area contributed by atoms with Crippen LogP contribution in [0.2, 0.25) is 0 Å². The SMILES string of the molecule is CCNC(=NCCC(=O)OC)NC(C)Cc1ccc(C)s1. The largest absolute Gasteiger partial charge is 0.469 e. The molecule has 0 fully saturated rings. The topological polar surface area (TPSA) is 62.7 Å². The molecule has 118 valence electrons. The molecule has 0 radical (unpaired) electrons. The summed E-state index contributed by atoms with van der Waals surface area (Å²) in [5.74, 6) is 0.499. The molecule has 1 aromatic rings. The molecular weight excluding hydrogens is 286 g/mol. The van der Waals surface area contributed by atoms with Gasteiger partial charge in [0, 0.05) is 28.8 Å². The first-order valence-corrected chi connectivity index (χ1v) is 8.03. The van der Waals surface area contributed by atoms with Crippen molar-refractivity contribution in [2.24, 2.45) is 4.99 Å². The summed E-state index contributed by atoms with van der Waals surface area (Å²) in [4.78, 5) is 18.2. The van der Waals surface area contributed by atoms with Crippen LogP contribution in [-0.2, 0) is 16.0 Å². The van der Waals surface area contributed by atoms with E-state index in [2.05, 4.69) is 46.3 Å². The van der Waals surface area contributed by atoms with Gasteiger partial charge in [-0.25, -0.2) is 0 Å². The van der Waals surface area contributed by atoms with E-state index in [9.17, 15) is 4.79 Å². The van der Waals surface area contributed by atoms with E-state index >= 15 is 0 Å². The van der Waals surface area contributed by atoms with Gasteiger partial charge in [0.2, 0.25) is 0 Å². The number of hydrogen-bond acceptors (Lipinski definition) is 4. The molecule has 2 N–H and O–H groups in total. The van der Waals surface area contributed by atoms with Crippen LogP contribution in [0.4, 0.5) is 0 Å². The highest BCUT2D eigenvalue weighted by Gasteiger charge is 2.08. The Bertz CT molecular complexity index is 471. The monoisotopic (exact) mass is 311 g/mol. The van der Waals surface area contributed by atoms with E-state index in [1.807, 2.05) is 18.3 Å². The van der Waals surface area contributed by atoms with Crippen LogP contribution in [0.1, 0.15) is 30.0 Å². The predicted octanol–water partition coefficient (Wildman–Crippen LogP) is 2.11. The van der Waals surface area contributed by atoms with Crippen LogP contribution in [-0.4, -0.2) is 38.2 Å². The molecule has 0 amide bonds. The molecule has 1 unspecified atom stereocenters. The van der Waals surface area contributed by atoms with Crippen molar-refractivity contribution < 1.29 is 9.53 Å². The van der Waals surface area contributed by atoms with Gasteiger partial charge in [-0.05, 0) is 32.9 Å². The summed E-state index contributed by atoms with van der Waals surface area (Å²) in [6.45, 7) is 7.47. The van der Waals surface area contributed by atoms with Crippen LogP contribution in [0.5, 0.6) is 0 Å². The maximum atomic E-state index is 11.1. The van der Waals surface area contributed by atoms with Gasteiger partial charge in [0.25, 0.3) is 0 Å². The summed E-state index contributed by atoms with van der Waals surface area (Å²) >= 11 is 1.82. The van der Waals surface area contributed by atoms with Crippen LogP contribution < -0.4 is 10.6 Å². The van der Waals surface area contributed by atoms with Crippen LogP contribution in [0.3, 0.4) is 0 Å². The van der Waals surface area contributed by atoms with Gasteiger partial charge in [-0.1, -0.05) is 0 Å². The fourth-order valence-electron chi connectivity index (χ4n) is 1.86. The number of hydrogen-bond donors (Lipinski definition) is 2. The second-order valence-corrected chi connectivity index (χ2v) is 6.22. The van der Waals surface area contributed by atoms with Crippen LogP contribution in [0.25, 0.3) is 0 Å². The molecule has 1 aromatic heterocycles. The molecule has 1 heterocycles. The maximum absolute atomic E-state index is 11.1. The van der Waals surface area contributed by atoms with Crippen LogP contribution in [0, 0.1) is 6.92 Å². The molecule has 21 heavy (non-hydrogen) atoms. The number of aliphatic imine (C=N–C) groups is 1. The minimum absolute atomic E-state index is 0.239. The van der Waals surface area contributed by atoms with Gasteiger partial charge in [0.1, 0.15) is 0 Å². The minimum Gasteiger partial charge on any atom is -0.469 e. The molecule has 0 aromatic carbocycles. The van der Waals surface area contributed by atoms with Gasteiger partial charge in [0.05, 0.1) is 20.1 Å². The molecule has 0 aliphatic heterocycles. The number of ether oxygens (including phenoxy) is 1. The summed E-state index contributed by atoms with van der Waals surface area (Å²) in [6.07, 6.45) is 1.26. The smallest absolute Gasteiger partial charge is 0.307 e. The van der Waals surface area contributed by atoms with Gasteiger partial charge in [-0.2, -0.15) is 0 Å². The van der Waals surface area contributed by atoms with Gasteiger partial charge in [0.15, 0.2) is 5.96 Å². The summed E-state index contributed by atoms with van der Waals surface area (Å²) in [5, 5.41) is 6.55. The lowest BCUT2D eigenvalue weighted by Gasteiger charge is -2.17. The average Bonchev–Trinajstić information content (AvgIpc) is 2.83. The average molecular weight is 311 g/mol. The maximum Gasteiger partial charge on any atom is 0.307 e. The van der Waals surface area contributed by atoms with E-state index in [-0.39, 0.29) is 12.0 Å². The Kier molecular flexibility index (Phi) is 7.82. The molecule has 0 saturated heterocycles. The van der Waals surface area contributed by atoms with Crippen molar-refractivity contribution in [3.05, 3.63) is 21.9 Å². The molecule has 1 atom stereocenters. The third-order valence-corrected chi connectivity index (χ3v) is 3.87. The second kappa shape index (κ2) is 9.39. The first-order chi connectivity index (χ1) is 10.0. The lowest BCUT2D eigenvalue weighted by molar-refractivity contribution is -0.140. The van der Waals surface area contributed by atoms with Gasteiger partial charge in [-0.3, -0.25) is 9.79 Å². The van der Waals surface area contributed by atoms with Crippen molar-refractivity contribution in [1.82, 2.24) is 10.6 Å². The van der Waals surface area contributed by atoms with Crippen LogP contribution in [0.15, 0.2) is 17.1 Å². The van der Waals surface area contributed by atoms with E-state index in [0.29, 0.717) is 13.0 Å². The Labute approximate surface area is 130 Å². The molecule has 5 nitrogen and oxygen atoms in total. The van der Waals surface area contributed by atoms with Crippen molar-refractivity contribution in [2.45, 2.75) is 39.7 Å². The number of esters is 1. The van der Waals surface area contributed by atoms with E-state index in [1.54, 1.807) is 0 Å². The molecular formula is C15H25N3O2S. The van der Waals surface area contributed by atoms with E-state index in [4.69, 9.17) is 0 Å². The van der Waals surface area contributed by atoms with E-state index in [0.717, 1.165) is 18.9 Å². The number of aryl methyl sites for hydroxylation is 1. The first kappa shape index (κ1) is 17.5. The van der Waals surface area contributed by atoms with E-state index < -0.39 is 0 Å². The Morgan fingerprint density at radius 2 is 2.24 bits per heavy atom. The number of nitrogens with one attached hydrogen (secondary N) is 2. The normalized spacial score (nSPS) is 12.9. The fraction of sp³-hybridized carbons (Fsp3) is 0.600. The molecule has 0 aliphatic carbocycles. The van der Waals surface area contributed by atoms with Gasteiger partial charge < -0.3 is 15.4 Å². The highest BCUT2D eigenvalue weighted by molar-refractivity contribution is 7.11. The summed E-state index contributed by atoms with van der Waals surface area (Å²) in [5.41, 5.74) is 0. The highest BCUT2D eigenvalue weighted by Crippen LogP contribution is 2.16. The number of carbonyl (C=O) groups excluding carboxylic acids is 1. The zero-order chi connectivity index (χ0) is 15.7. The van der Waals surface area contributed by atoms with Gasteiger partial charge >= 0.3 is 5.97 Å². The minimum atomic E-state index is -0.239. The molecule has 6 heteroatoms. The number of guanidine groups is 1. The number of rotatable bonds is 7. The second-order valence-electron chi connectivity index (χ2n) is 4.85. The standard InChI is InChI=1S/C15H25N3O2S/c1-5-16-15(17-9-8-14(19)20-4)18-11(2)10-13-7-6-12(3)21-13/h6-7,11H,5,8-10H2,1-4H3,(H2,16,17,18). The first-order valence-electron chi connectivity index (χ1n) is 7.22. The number of methoxy groups -OCH3 is 1. The van der Waals surface area contributed by atoms with Crippen molar-refractivity contribution >= 4 is 23.3 Å². The Hall–Kier alpha value is -1.56. The molecule has 0 aliphatic rings. The fourth-order valence-corrected chi connectivity index (χ4v) is 2.88. The zero-order valence-electron chi connectivity index (χ0n) is 13.2. The predicted molar refractivity (Wildman–Crippen MR) is 88.0 cm³/mol. The van der Waals surface area contributed by atoms with Crippen molar-refractivity contribution in [2.75, 3.05) is 20.2 Å². The Morgan fingerprint density at radius 3 is 2.81 bits per heavy atom. The Morgan fingerprint density at radius 1 is 1.48 bits per heavy atom. The number of thiophene rings is 1. The summed E-state index contributed by atoms with van der Waals surface area (Å²) in [6, 6.07) is 4.58. The highest BCUT2D eigenvalue weighted by atomic mass is 32.1. The number of nitrogens with zero attached hydrogens (tertiary/aromatic N) is 1. The molecule has 0 bridgehead atoms. The van der Waals surface area contributed by atoms with Crippen molar-refractivity contribution in [1.29, 1.82) is 0 Å². The van der Waals surface area contributed by atoms with E-state index in [1.165, 1.54) is 16.9 Å². The summed E-state index contributed by atoms with van der Waals surface area (Å²) in [7, 11) is 1.39. The zero-order valence-corrected chi connectivity index (χ0v) is 14.0.